The number of hydrogen-bond donors (Lipinski definition) is 0. The molecule has 0 fully saturated rings. The van der Waals surface area contributed by atoms with Gasteiger partial charge in [-0.25, -0.2) is 0 Å². The second-order valence-electron chi connectivity index (χ2n) is 2.33. The molecule has 0 spiro atoms. The van der Waals surface area contributed by atoms with E-state index in [1.165, 1.54) is 0 Å². The highest BCUT2D eigenvalue weighted by molar-refractivity contribution is 6.44. The molecule has 15 heavy (non-hydrogen) atoms. The molecule has 0 aromatic carbocycles. The first-order chi connectivity index (χ1) is 7.35. The van der Waals surface area contributed by atoms with Gasteiger partial charge in [-0.2, -0.15) is 0 Å². The molecule has 87 valence electrons. The van der Waals surface area contributed by atoms with Crippen molar-refractivity contribution in [2.45, 2.75) is 13.8 Å². The van der Waals surface area contributed by atoms with Gasteiger partial charge in [0, 0.05) is 19.5 Å². The van der Waals surface area contributed by atoms with Crippen LogP contribution in [0.1, 0.15) is 13.8 Å². The van der Waals surface area contributed by atoms with Gasteiger partial charge in [-0.3, -0.25) is 0 Å². The van der Waals surface area contributed by atoms with Gasteiger partial charge < -0.3 is 18.5 Å². The molecule has 0 rings (SSSR count). The molecular weight excluding hydrogens is 216 g/mol. The van der Waals surface area contributed by atoms with Gasteiger partial charge in [-0.15, -0.1) is 10.3 Å². The molecule has 0 aliphatic heterocycles. The highest BCUT2D eigenvalue weighted by atomic mass is 28.3. The lowest BCUT2D eigenvalue weighted by Crippen LogP contribution is -2.26. The van der Waals surface area contributed by atoms with Crippen LogP contribution in [-0.4, -0.2) is 48.3 Å². The summed E-state index contributed by atoms with van der Waals surface area (Å²) in [6.45, 7) is 4.56. The molecule has 0 atom stereocenters. The third kappa shape index (κ3) is 9.38. The van der Waals surface area contributed by atoms with Crippen molar-refractivity contribution < 1.29 is 18.5 Å². The van der Waals surface area contributed by atoms with Crippen LogP contribution in [0.15, 0.2) is 10.3 Å². The normalized spacial score (nSPS) is 11.7. The summed E-state index contributed by atoms with van der Waals surface area (Å²) in [6.07, 6.45) is 3.43. The number of rotatable bonds is 9. The molecule has 0 aromatic rings. The zero-order valence-corrected chi connectivity index (χ0v) is 10.3. The third-order valence-corrected chi connectivity index (χ3v) is 2.23. The van der Waals surface area contributed by atoms with Crippen LogP contribution in [-0.2, 0) is 18.5 Å². The average Bonchev–Trinajstić information content (AvgIpc) is 2.27. The van der Waals surface area contributed by atoms with E-state index in [1.807, 2.05) is 0 Å². The molecule has 0 saturated heterocycles. The lowest BCUT2D eigenvalue weighted by molar-refractivity contribution is 0.0735. The molecule has 0 aliphatic rings. The number of methoxy groups -OCH3 is 1. The van der Waals surface area contributed by atoms with E-state index in [4.69, 9.17) is 18.5 Å². The van der Waals surface area contributed by atoms with E-state index in [0.717, 1.165) is 0 Å². The van der Waals surface area contributed by atoms with Crippen molar-refractivity contribution in [2.75, 3.05) is 26.6 Å². The van der Waals surface area contributed by atoms with Crippen LogP contribution in [0.4, 0.5) is 0 Å². The van der Waals surface area contributed by atoms with Gasteiger partial charge in [0.1, 0.15) is 6.23 Å². The summed E-state index contributed by atoms with van der Waals surface area (Å²) < 4.78 is 20.2. The van der Waals surface area contributed by atoms with E-state index in [9.17, 15) is 0 Å². The number of ether oxygens (including phenoxy) is 2. The highest BCUT2D eigenvalue weighted by Crippen LogP contribution is 1.93. The molecule has 7 heteroatoms. The Hall–Kier alpha value is -0.923. The lowest BCUT2D eigenvalue weighted by atomic mass is 10.8. The maximum Gasteiger partial charge on any atom is 0.605 e. The molecule has 0 heterocycles. The van der Waals surface area contributed by atoms with Crippen LogP contribution in [0, 0.1) is 0 Å². The molecule has 0 saturated carbocycles. The highest BCUT2D eigenvalue weighted by Gasteiger charge is 2.20. The van der Waals surface area contributed by atoms with Crippen molar-refractivity contribution in [1.82, 2.24) is 0 Å². The maximum absolute atomic E-state index is 5.25. The van der Waals surface area contributed by atoms with Gasteiger partial charge in [-0.1, -0.05) is 0 Å². The maximum atomic E-state index is 5.25. The molecule has 0 amide bonds. The van der Waals surface area contributed by atoms with E-state index < -0.39 is 9.28 Å². The second kappa shape index (κ2) is 11.2. The summed E-state index contributed by atoms with van der Waals surface area (Å²) >= 11 is 0. The molecule has 0 N–H and O–H groups in total. The Morgan fingerprint density at radius 3 is 2.13 bits per heavy atom. The summed E-state index contributed by atoms with van der Waals surface area (Å²) in [4.78, 5) is 0. The Balaban J connectivity index is 3.68. The van der Waals surface area contributed by atoms with Gasteiger partial charge in [0.05, 0.1) is 13.2 Å². The number of oxime groups is 2. The first-order valence-electron chi connectivity index (χ1n) is 4.57. The molecular formula is C8H17N2O4Si. The van der Waals surface area contributed by atoms with Crippen LogP contribution >= 0.6 is 0 Å². The molecule has 1 radical (unpaired) electrons. The van der Waals surface area contributed by atoms with E-state index in [1.54, 1.807) is 33.4 Å². The van der Waals surface area contributed by atoms with Crippen molar-refractivity contribution in [3.05, 3.63) is 0 Å². The second-order valence-corrected chi connectivity index (χ2v) is 3.73. The number of hydrogen-bond acceptors (Lipinski definition) is 6. The zero-order chi connectivity index (χ0) is 11.4. The topological polar surface area (TPSA) is 61.6 Å². The lowest BCUT2D eigenvalue weighted by Gasteiger charge is -2.08. The minimum Gasteiger partial charge on any atom is -0.401 e. The van der Waals surface area contributed by atoms with Crippen molar-refractivity contribution >= 4 is 21.7 Å². The quantitative estimate of drug-likeness (QED) is 0.255. The predicted octanol–water partition coefficient (Wildman–Crippen LogP) is 0.721. The first-order valence-corrected chi connectivity index (χ1v) is 6.10. The van der Waals surface area contributed by atoms with E-state index in [0.29, 0.717) is 19.4 Å². The Bertz CT molecular complexity index is 175. The van der Waals surface area contributed by atoms with Gasteiger partial charge in [0.25, 0.3) is 0 Å². The fraction of sp³-hybridized carbons (Fsp3) is 0.750. The molecule has 6 nitrogen and oxygen atoms in total. The van der Waals surface area contributed by atoms with Crippen LogP contribution in [0.3, 0.4) is 0 Å². The standard InChI is InChI=1S/C8H17N2O4Si/c1-4-9-13-15(14-10-5-2)8-12-7-6-11-3/h4-5H,6-8H2,1-3H3/b9-4+,10-5+. The Labute approximate surface area is 91.7 Å². The Kier molecular flexibility index (Phi) is 10.5. The predicted molar refractivity (Wildman–Crippen MR) is 59.0 cm³/mol. The minimum atomic E-state index is -1.62. The smallest absolute Gasteiger partial charge is 0.401 e. The summed E-state index contributed by atoms with van der Waals surface area (Å²) in [7, 11) is -0.00794. The fourth-order valence-electron chi connectivity index (χ4n) is 0.590. The summed E-state index contributed by atoms with van der Waals surface area (Å²) in [6, 6.07) is 0. The minimum absolute atomic E-state index is 0.350. The first kappa shape index (κ1) is 14.1. The monoisotopic (exact) mass is 233 g/mol. The van der Waals surface area contributed by atoms with Crippen molar-refractivity contribution in [1.29, 1.82) is 0 Å². The third-order valence-electron chi connectivity index (χ3n) is 1.17. The fourth-order valence-corrected chi connectivity index (χ4v) is 1.49. The summed E-state index contributed by atoms with van der Waals surface area (Å²) in [5.74, 6) is 0. The Morgan fingerprint density at radius 2 is 1.67 bits per heavy atom. The SMILES string of the molecule is C/C=N/O[Si](COCCOC)O/N=C/C. The van der Waals surface area contributed by atoms with Crippen molar-refractivity contribution in [3.8, 4) is 0 Å². The van der Waals surface area contributed by atoms with Gasteiger partial charge in [0.15, 0.2) is 0 Å². The molecule has 0 aromatic heterocycles. The van der Waals surface area contributed by atoms with E-state index in [2.05, 4.69) is 10.3 Å². The number of nitrogens with zero attached hydrogens (tertiary/aromatic N) is 2. The average molecular weight is 233 g/mol. The van der Waals surface area contributed by atoms with E-state index >= 15 is 0 Å². The van der Waals surface area contributed by atoms with Crippen LogP contribution in [0.25, 0.3) is 0 Å². The molecule has 0 bridgehead atoms. The molecule has 0 aliphatic carbocycles. The summed E-state index contributed by atoms with van der Waals surface area (Å²) in [5.41, 5.74) is 0. The van der Waals surface area contributed by atoms with E-state index in [-0.39, 0.29) is 0 Å². The largest absolute Gasteiger partial charge is 0.605 e. The van der Waals surface area contributed by atoms with Crippen LogP contribution in [0.5, 0.6) is 0 Å². The van der Waals surface area contributed by atoms with Gasteiger partial charge >= 0.3 is 9.28 Å². The van der Waals surface area contributed by atoms with Gasteiger partial charge in [0.2, 0.25) is 0 Å². The summed E-state index contributed by atoms with van der Waals surface area (Å²) in [5, 5.41) is 7.27. The molecule has 0 unspecified atom stereocenters. The zero-order valence-electron chi connectivity index (χ0n) is 9.30. The van der Waals surface area contributed by atoms with Gasteiger partial charge in [-0.05, 0) is 13.8 Å². The van der Waals surface area contributed by atoms with Crippen molar-refractivity contribution in [3.63, 3.8) is 0 Å². The van der Waals surface area contributed by atoms with Crippen molar-refractivity contribution in [2.24, 2.45) is 10.3 Å². The van der Waals surface area contributed by atoms with Crippen LogP contribution in [0.2, 0.25) is 0 Å². The van der Waals surface area contributed by atoms with Crippen LogP contribution < -0.4 is 0 Å². The Morgan fingerprint density at radius 1 is 1.07 bits per heavy atom.